The molecule has 24 heavy (non-hydrogen) atoms. The van der Waals surface area contributed by atoms with E-state index in [0.717, 1.165) is 38.3 Å². The molecule has 0 N–H and O–H groups in total. The van der Waals surface area contributed by atoms with Crippen LogP contribution in [-0.4, -0.2) is 46.5 Å². The minimum atomic E-state index is 0.190. The molecule has 4 heterocycles. The molecule has 2 aromatic heterocycles. The monoisotopic (exact) mass is 343 g/mol. The summed E-state index contributed by atoms with van der Waals surface area (Å²) in [6, 6.07) is 8.24. The summed E-state index contributed by atoms with van der Waals surface area (Å²) >= 11 is 1.84. The summed E-state index contributed by atoms with van der Waals surface area (Å²) < 4.78 is 1.93. The Kier molecular flexibility index (Phi) is 4.22. The zero-order valence-electron chi connectivity index (χ0n) is 14.3. The molecule has 2 aliphatic rings. The first-order chi connectivity index (χ1) is 11.7. The lowest BCUT2D eigenvalue weighted by atomic mass is 9.79. The Bertz CT molecular complexity index is 708. The van der Waals surface area contributed by atoms with Crippen LogP contribution in [0.4, 0.5) is 0 Å². The maximum atomic E-state index is 12.8. The lowest BCUT2D eigenvalue weighted by molar-refractivity contribution is 0.0670. The summed E-state index contributed by atoms with van der Waals surface area (Å²) in [4.78, 5) is 18.9. The van der Waals surface area contributed by atoms with Crippen LogP contribution in [0.25, 0.3) is 0 Å². The quantitative estimate of drug-likeness (QED) is 0.856. The van der Waals surface area contributed by atoms with Gasteiger partial charge < -0.3 is 9.47 Å². The van der Waals surface area contributed by atoms with Crippen LogP contribution < -0.4 is 0 Å². The summed E-state index contributed by atoms with van der Waals surface area (Å²) in [5, 5.41) is 2.16. The topological polar surface area (TPSA) is 28.5 Å². The molecular weight excluding hydrogens is 318 g/mol. The molecule has 2 saturated heterocycles. The average Bonchev–Trinajstić information content (AvgIpc) is 3.29. The molecular formula is C19H25N3OS. The lowest BCUT2D eigenvalue weighted by Crippen LogP contribution is -2.45. The molecule has 2 fully saturated rings. The Morgan fingerprint density at radius 3 is 2.88 bits per heavy atom. The average molecular weight is 343 g/mol. The number of amides is 1. The van der Waals surface area contributed by atoms with Crippen LogP contribution in [0, 0.1) is 5.41 Å². The zero-order valence-corrected chi connectivity index (χ0v) is 15.1. The second kappa shape index (κ2) is 6.37. The third kappa shape index (κ3) is 3.03. The van der Waals surface area contributed by atoms with Crippen molar-refractivity contribution in [1.29, 1.82) is 0 Å². The lowest BCUT2D eigenvalue weighted by Gasteiger charge is -2.40. The van der Waals surface area contributed by atoms with Gasteiger partial charge in [-0.25, -0.2) is 0 Å². The van der Waals surface area contributed by atoms with Gasteiger partial charge in [0.15, 0.2) is 0 Å². The van der Waals surface area contributed by atoms with Crippen molar-refractivity contribution in [3.05, 3.63) is 46.4 Å². The van der Waals surface area contributed by atoms with Crippen molar-refractivity contribution in [2.24, 2.45) is 12.5 Å². The van der Waals surface area contributed by atoms with E-state index in [1.54, 1.807) is 0 Å². The fourth-order valence-corrected chi connectivity index (χ4v) is 5.10. The predicted octanol–water partition coefficient (Wildman–Crippen LogP) is 3.21. The van der Waals surface area contributed by atoms with E-state index in [4.69, 9.17) is 0 Å². The first-order valence-electron chi connectivity index (χ1n) is 8.81. The highest BCUT2D eigenvalue weighted by atomic mass is 32.1. The summed E-state index contributed by atoms with van der Waals surface area (Å²) in [6.45, 7) is 5.19. The van der Waals surface area contributed by atoms with E-state index in [0.29, 0.717) is 5.41 Å². The molecule has 0 aromatic carbocycles. The Morgan fingerprint density at radius 1 is 1.21 bits per heavy atom. The zero-order chi connectivity index (χ0) is 16.6. The Morgan fingerprint density at radius 2 is 2.12 bits per heavy atom. The van der Waals surface area contributed by atoms with Gasteiger partial charge in [-0.05, 0) is 49.4 Å². The second-order valence-electron chi connectivity index (χ2n) is 7.37. The van der Waals surface area contributed by atoms with Gasteiger partial charge in [-0.15, -0.1) is 11.3 Å². The van der Waals surface area contributed by atoms with Gasteiger partial charge in [-0.2, -0.15) is 0 Å². The third-order valence-corrected chi connectivity index (χ3v) is 6.45. The van der Waals surface area contributed by atoms with E-state index in [-0.39, 0.29) is 5.91 Å². The van der Waals surface area contributed by atoms with Crippen LogP contribution in [0.15, 0.2) is 35.8 Å². The van der Waals surface area contributed by atoms with E-state index in [2.05, 4.69) is 27.3 Å². The minimum Gasteiger partial charge on any atom is -0.347 e. The molecule has 2 aromatic rings. The molecule has 2 aliphatic heterocycles. The van der Waals surface area contributed by atoms with Crippen LogP contribution in [-0.2, 0) is 13.6 Å². The number of aryl methyl sites for hydroxylation is 1. The first-order valence-corrected chi connectivity index (χ1v) is 9.69. The number of likely N-dealkylation sites (tertiary alicyclic amines) is 2. The number of hydrogen-bond acceptors (Lipinski definition) is 3. The fourth-order valence-electron chi connectivity index (χ4n) is 4.35. The van der Waals surface area contributed by atoms with Gasteiger partial charge in [-0.3, -0.25) is 9.69 Å². The Labute approximate surface area is 147 Å². The molecule has 4 rings (SSSR count). The fraction of sp³-hybridized carbons (Fsp3) is 0.526. The molecule has 1 unspecified atom stereocenters. The summed E-state index contributed by atoms with van der Waals surface area (Å²) in [5.74, 6) is 0.190. The number of hydrogen-bond donors (Lipinski definition) is 0. The number of nitrogens with zero attached hydrogens (tertiary/aromatic N) is 3. The number of aromatic nitrogens is 1. The molecule has 4 nitrogen and oxygen atoms in total. The highest BCUT2D eigenvalue weighted by molar-refractivity contribution is 7.09. The van der Waals surface area contributed by atoms with Gasteiger partial charge in [0.25, 0.3) is 5.91 Å². The molecule has 0 radical (unpaired) electrons. The summed E-state index contributed by atoms with van der Waals surface area (Å²) in [5.41, 5.74) is 1.11. The van der Waals surface area contributed by atoms with Crippen molar-refractivity contribution in [2.45, 2.75) is 25.8 Å². The van der Waals surface area contributed by atoms with E-state index < -0.39 is 0 Å². The maximum absolute atomic E-state index is 12.8. The molecule has 5 heteroatoms. The van der Waals surface area contributed by atoms with Crippen molar-refractivity contribution in [3.8, 4) is 0 Å². The molecule has 128 valence electrons. The standard InChI is InChI=1S/C19H25N3OS/c1-20-9-2-6-17(20)18(23)22-11-8-19(15-22)7-4-10-21(14-19)13-16-5-3-12-24-16/h2-3,5-6,9,12H,4,7-8,10-11,13-15H2,1H3. The van der Waals surface area contributed by atoms with Crippen LogP contribution >= 0.6 is 11.3 Å². The van der Waals surface area contributed by atoms with Crippen molar-refractivity contribution >= 4 is 17.2 Å². The Hall–Kier alpha value is -1.59. The van der Waals surface area contributed by atoms with E-state index in [1.165, 1.54) is 24.3 Å². The van der Waals surface area contributed by atoms with Gasteiger partial charge >= 0.3 is 0 Å². The van der Waals surface area contributed by atoms with Gasteiger partial charge in [0, 0.05) is 49.7 Å². The number of carbonyl (C=O) groups is 1. The van der Waals surface area contributed by atoms with Crippen molar-refractivity contribution < 1.29 is 4.79 Å². The van der Waals surface area contributed by atoms with E-state index >= 15 is 0 Å². The highest BCUT2D eigenvalue weighted by Crippen LogP contribution is 2.40. The molecule has 1 atom stereocenters. The third-order valence-electron chi connectivity index (χ3n) is 5.59. The molecule has 0 saturated carbocycles. The Balaban J connectivity index is 1.43. The smallest absolute Gasteiger partial charge is 0.270 e. The van der Waals surface area contributed by atoms with Crippen LogP contribution in [0.3, 0.4) is 0 Å². The normalized spacial score (nSPS) is 24.8. The van der Waals surface area contributed by atoms with E-state index in [9.17, 15) is 4.79 Å². The molecule has 0 aliphatic carbocycles. The van der Waals surface area contributed by atoms with Crippen molar-refractivity contribution in [3.63, 3.8) is 0 Å². The highest BCUT2D eigenvalue weighted by Gasteiger charge is 2.43. The first kappa shape index (κ1) is 15.9. The van der Waals surface area contributed by atoms with Crippen molar-refractivity contribution in [1.82, 2.24) is 14.4 Å². The van der Waals surface area contributed by atoms with E-state index in [1.807, 2.05) is 41.3 Å². The van der Waals surface area contributed by atoms with Gasteiger partial charge in [0.1, 0.15) is 5.69 Å². The predicted molar refractivity (Wildman–Crippen MR) is 97.2 cm³/mol. The number of carbonyl (C=O) groups excluding carboxylic acids is 1. The summed E-state index contributed by atoms with van der Waals surface area (Å²) in [6.07, 6.45) is 5.59. The largest absolute Gasteiger partial charge is 0.347 e. The van der Waals surface area contributed by atoms with Crippen LogP contribution in [0.2, 0.25) is 0 Å². The van der Waals surface area contributed by atoms with Gasteiger partial charge in [0.05, 0.1) is 0 Å². The molecule has 1 amide bonds. The minimum absolute atomic E-state index is 0.190. The SMILES string of the molecule is Cn1cccc1C(=O)N1CCC2(CCCN(Cc3cccs3)C2)C1. The molecule has 1 spiro atoms. The summed E-state index contributed by atoms with van der Waals surface area (Å²) in [7, 11) is 1.95. The molecule has 0 bridgehead atoms. The number of thiophene rings is 1. The van der Waals surface area contributed by atoms with Crippen LogP contribution in [0.5, 0.6) is 0 Å². The van der Waals surface area contributed by atoms with Crippen molar-refractivity contribution in [2.75, 3.05) is 26.2 Å². The van der Waals surface area contributed by atoms with Gasteiger partial charge in [0.2, 0.25) is 0 Å². The maximum Gasteiger partial charge on any atom is 0.270 e. The number of piperidine rings is 1. The van der Waals surface area contributed by atoms with Crippen LogP contribution in [0.1, 0.15) is 34.6 Å². The van der Waals surface area contributed by atoms with Gasteiger partial charge in [-0.1, -0.05) is 6.07 Å². The number of rotatable bonds is 3. The second-order valence-corrected chi connectivity index (χ2v) is 8.41.